The maximum absolute atomic E-state index is 11.6. The van der Waals surface area contributed by atoms with Crippen molar-refractivity contribution in [3.63, 3.8) is 0 Å². The van der Waals surface area contributed by atoms with E-state index in [1.54, 1.807) is 12.3 Å². The Morgan fingerprint density at radius 1 is 1.41 bits per heavy atom. The standard InChI is InChI=1S/C12H17BrN2O2/c1-2-3-4-5-6-11(16)15-10-7-9(13)8-14-12(10)17/h7-8H,2-6H2,1H3,(H,14,17)(H,15,16). The Labute approximate surface area is 109 Å². The van der Waals surface area contributed by atoms with Gasteiger partial charge >= 0.3 is 0 Å². The first-order valence-corrected chi connectivity index (χ1v) is 6.61. The molecule has 1 aromatic rings. The number of aromatic amines is 1. The maximum atomic E-state index is 11.6. The molecule has 0 unspecified atom stereocenters. The average molecular weight is 301 g/mol. The van der Waals surface area contributed by atoms with Crippen LogP contribution in [0.5, 0.6) is 0 Å². The molecule has 0 radical (unpaired) electrons. The summed E-state index contributed by atoms with van der Waals surface area (Å²) in [5.74, 6) is -0.107. The Balaban J connectivity index is 2.45. The van der Waals surface area contributed by atoms with Crippen molar-refractivity contribution in [3.8, 4) is 0 Å². The minimum absolute atomic E-state index is 0.107. The number of hydrogen-bond donors (Lipinski definition) is 2. The van der Waals surface area contributed by atoms with Crippen LogP contribution in [0.4, 0.5) is 5.69 Å². The largest absolute Gasteiger partial charge is 0.326 e. The highest BCUT2D eigenvalue weighted by Gasteiger charge is 2.05. The molecule has 2 N–H and O–H groups in total. The molecule has 0 spiro atoms. The van der Waals surface area contributed by atoms with Crippen LogP contribution in [0.1, 0.15) is 39.0 Å². The van der Waals surface area contributed by atoms with E-state index in [4.69, 9.17) is 0 Å². The first-order valence-electron chi connectivity index (χ1n) is 5.81. The van der Waals surface area contributed by atoms with E-state index in [0.29, 0.717) is 12.1 Å². The highest BCUT2D eigenvalue weighted by atomic mass is 79.9. The Bertz CT molecular complexity index is 429. The molecule has 94 valence electrons. The van der Waals surface area contributed by atoms with Crippen molar-refractivity contribution in [2.75, 3.05) is 5.32 Å². The number of anilines is 1. The van der Waals surface area contributed by atoms with Crippen molar-refractivity contribution in [3.05, 3.63) is 27.1 Å². The molecular weight excluding hydrogens is 284 g/mol. The lowest BCUT2D eigenvalue weighted by Crippen LogP contribution is -2.19. The molecule has 17 heavy (non-hydrogen) atoms. The minimum Gasteiger partial charge on any atom is -0.326 e. The number of amides is 1. The molecule has 1 heterocycles. The lowest BCUT2D eigenvalue weighted by molar-refractivity contribution is -0.116. The molecule has 0 saturated carbocycles. The molecule has 0 aliphatic carbocycles. The number of aromatic nitrogens is 1. The van der Waals surface area contributed by atoms with Crippen LogP contribution in [-0.4, -0.2) is 10.9 Å². The summed E-state index contributed by atoms with van der Waals surface area (Å²) in [4.78, 5) is 25.5. The quantitative estimate of drug-likeness (QED) is 0.793. The van der Waals surface area contributed by atoms with Crippen molar-refractivity contribution in [1.82, 2.24) is 4.98 Å². The molecule has 5 heteroatoms. The van der Waals surface area contributed by atoms with Crippen molar-refractivity contribution in [2.45, 2.75) is 39.0 Å². The van der Waals surface area contributed by atoms with Gasteiger partial charge in [0.1, 0.15) is 5.69 Å². The van der Waals surface area contributed by atoms with Gasteiger partial charge in [0.15, 0.2) is 0 Å². The molecule has 0 saturated heterocycles. The topological polar surface area (TPSA) is 62.0 Å². The van der Waals surface area contributed by atoms with Crippen molar-refractivity contribution in [1.29, 1.82) is 0 Å². The Morgan fingerprint density at radius 3 is 2.88 bits per heavy atom. The normalized spacial score (nSPS) is 10.2. The van der Waals surface area contributed by atoms with Gasteiger partial charge in [-0.3, -0.25) is 9.59 Å². The number of nitrogens with one attached hydrogen (secondary N) is 2. The second kappa shape index (κ2) is 7.27. The summed E-state index contributed by atoms with van der Waals surface area (Å²) in [6, 6.07) is 1.60. The molecule has 1 rings (SSSR count). The van der Waals surface area contributed by atoms with Crippen LogP contribution in [0, 0.1) is 0 Å². The predicted octanol–water partition coefficient (Wildman–Crippen LogP) is 3.05. The molecule has 4 nitrogen and oxygen atoms in total. The van der Waals surface area contributed by atoms with Crippen LogP contribution in [0.25, 0.3) is 0 Å². The zero-order valence-corrected chi connectivity index (χ0v) is 11.5. The van der Waals surface area contributed by atoms with Gasteiger partial charge in [-0.1, -0.05) is 26.2 Å². The fourth-order valence-electron chi connectivity index (χ4n) is 1.48. The highest BCUT2D eigenvalue weighted by molar-refractivity contribution is 9.10. The number of hydrogen-bond acceptors (Lipinski definition) is 2. The van der Waals surface area contributed by atoms with Gasteiger partial charge < -0.3 is 10.3 Å². The molecule has 0 bridgehead atoms. The fourth-order valence-corrected chi connectivity index (χ4v) is 1.82. The first-order chi connectivity index (χ1) is 8.13. The van der Waals surface area contributed by atoms with Crippen molar-refractivity contribution >= 4 is 27.5 Å². The van der Waals surface area contributed by atoms with Gasteiger partial charge in [-0.25, -0.2) is 0 Å². The monoisotopic (exact) mass is 300 g/mol. The molecule has 0 aliphatic heterocycles. The number of unbranched alkanes of at least 4 members (excludes halogenated alkanes) is 3. The number of H-pyrrole nitrogens is 1. The number of pyridine rings is 1. The predicted molar refractivity (Wildman–Crippen MR) is 72.2 cm³/mol. The molecule has 0 fully saturated rings. The SMILES string of the molecule is CCCCCCC(=O)Nc1cc(Br)c[nH]c1=O. The number of carbonyl (C=O) groups excluding carboxylic acids is 1. The third kappa shape index (κ3) is 5.17. The van der Waals surface area contributed by atoms with Gasteiger partial charge in [0, 0.05) is 17.1 Å². The summed E-state index contributed by atoms with van der Waals surface area (Å²) < 4.78 is 0.735. The summed E-state index contributed by atoms with van der Waals surface area (Å²) in [6.45, 7) is 2.13. The van der Waals surface area contributed by atoms with Gasteiger partial charge in [0.25, 0.3) is 5.56 Å². The summed E-state index contributed by atoms with van der Waals surface area (Å²) in [5.41, 5.74) is 0.00924. The number of rotatable bonds is 6. The van der Waals surface area contributed by atoms with Gasteiger partial charge in [0.2, 0.25) is 5.91 Å². The van der Waals surface area contributed by atoms with Crippen molar-refractivity contribution in [2.24, 2.45) is 0 Å². The van der Waals surface area contributed by atoms with E-state index in [1.807, 2.05) is 0 Å². The summed E-state index contributed by atoms with van der Waals surface area (Å²) in [5, 5.41) is 2.62. The summed E-state index contributed by atoms with van der Waals surface area (Å²) >= 11 is 3.24. The second-order valence-electron chi connectivity index (χ2n) is 3.92. The Morgan fingerprint density at radius 2 is 2.18 bits per heavy atom. The average Bonchev–Trinajstić information content (AvgIpc) is 2.29. The van der Waals surface area contributed by atoms with Crippen LogP contribution in [0.3, 0.4) is 0 Å². The van der Waals surface area contributed by atoms with E-state index in [1.165, 1.54) is 0 Å². The second-order valence-corrected chi connectivity index (χ2v) is 4.84. The molecule has 0 atom stereocenters. The van der Waals surface area contributed by atoms with Crippen LogP contribution in [0.2, 0.25) is 0 Å². The molecule has 1 aromatic heterocycles. The van der Waals surface area contributed by atoms with Crippen LogP contribution in [-0.2, 0) is 4.79 Å². The Kier molecular flexibility index (Phi) is 5.97. The van der Waals surface area contributed by atoms with E-state index in [9.17, 15) is 9.59 Å². The zero-order chi connectivity index (χ0) is 12.7. The minimum atomic E-state index is -0.282. The first kappa shape index (κ1) is 14.0. The maximum Gasteiger partial charge on any atom is 0.271 e. The van der Waals surface area contributed by atoms with E-state index >= 15 is 0 Å². The van der Waals surface area contributed by atoms with Gasteiger partial charge in [-0.15, -0.1) is 0 Å². The van der Waals surface area contributed by atoms with Crippen LogP contribution >= 0.6 is 15.9 Å². The zero-order valence-electron chi connectivity index (χ0n) is 9.88. The molecular formula is C12H17BrN2O2. The highest BCUT2D eigenvalue weighted by Crippen LogP contribution is 2.11. The van der Waals surface area contributed by atoms with Crippen LogP contribution in [0.15, 0.2) is 21.5 Å². The van der Waals surface area contributed by atoms with Gasteiger partial charge in [-0.2, -0.15) is 0 Å². The van der Waals surface area contributed by atoms with Crippen LogP contribution < -0.4 is 10.9 Å². The Hall–Kier alpha value is -1.10. The van der Waals surface area contributed by atoms with E-state index in [0.717, 1.165) is 30.2 Å². The third-order valence-corrected chi connectivity index (χ3v) is 2.86. The van der Waals surface area contributed by atoms with E-state index in [-0.39, 0.29) is 11.5 Å². The number of carbonyl (C=O) groups is 1. The van der Waals surface area contributed by atoms with E-state index in [2.05, 4.69) is 33.2 Å². The third-order valence-electron chi connectivity index (χ3n) is 2.40. The molecule has 1 amide bonds. The summed E-state index contributed by atoms with van der Waals surface area (Å²) in [6.07, 6.45) is 6.22. The number of halogens is 1. The lowest BCUT2D eigenvalue weighted by Gasteiger charge is -2.04. The van der Waals surface area contributed by atoms with Gasteiger partial charge in [0.05, 0.1) is 0 Å². The smallest absolute Gasteiger partial charge is 0.271 e. The molecule has 0 aromatic carbocycles. The summed E-state index contributed by atoms with van der Waals surface area (Å²) in [7, 11) is 0. The lowest BCUT2D eigenvalue weighted by atomic mass is 10.1. The van der Waals surface area contributed by atoms with E-state index < -0.39 is 0 Å². The fraction of sp³-hybridized carbons (Fsp3) is 0.500. The van der Waals surface area contributed by atoms with Gasteiger partial charge in [-0.05, 0) is 28.4 Å². The van der Waals surface area contributed by atoms with Crippen molar-refractivity contribution < 1.29 is 4.79 Å². The molecule has 0 aliphatic rings.